The number of nitrogen functional groups attached to an aromatic ring is 2. The summed E-state index contributed by atoms with van der Waals surface area (Å²) in [6.45, 7) is -5.34. The van der Waals surface area contributed by atoms with Gasteiger partial charge in [0.05, 0.1) is 0 Å². The first-order chi connectivity index (χ1) is 21.7. The van der Waals surface area contributed by atoms with E-state index < -0.39 is 86.4 Å². The summed E-state index contributed by atoms with van der Waals surface area (Å²) >= 11 is 7.54. The van der Waals surface area contributed by atoms with Crippen LogP contribution in [0.5, 0.6) is 0 Å². The third-order valence-corrected chi connectivity index (χ3v) is 11.1. The minimum absolute atomic E-state index is 0.0247. The van der Waals surface area contributed by atoms with Crippen LogP contribution < -0.4 is 22.6 Å². The fraction of sp³-hybridized carbons (Fsp3) is 0.500. The number of aliphatic hydroxyl groups is 2. The van der Waals surface area contributed by atoms with E-state index in [-0.39, 0.29) is 34.2 Å². The number of hydrogen-bond donors (Lipinski definition) is 7. The molecule has 0 amide bonds. The second-order valence-corrected chi connectivity index (χ2v) is 17.3. The van der Waals surface area contributed by atoms with Gasteiger partial charge in [-0.2, -0.15) is 0 Å². The van der Waals surface area contributed by atoms with Gasteiger partial charge in [0.1, 0.15) is 0 Å². The van der Waals surface area contributed by atoms with Crippen LogP contribution in [0.3, 0.4) is 0 Å². The van der Waals surface area contributed by atoms with Gasteiger partial charge in [-0.15, -0.1) is 0 Å². The van der Waals surface area contributed by atoms with Crippen molar-refractivity contribution in [3.63, 3.8) is 0 Å². The number of rotatable bonds is 2. The fourth-order valence-electron chi connectivity index (χ4n) is 5.38. The molecule has 46 heavy (non-hydrogen) atoms. The van der Waals surface area contributed by atoms with E-state index in [1.807, 2.05) is 0 Å². The molecule has 7 heterocycles. The molecule has 0 bridgehead atoms. The van der Waals surface area contributed by atoms with Crippen molar-refractivity contribution in [3.8, 4) is 0 Å². The van der Waals surface area contributed by atoms with Crippen LogP contribution in [0, 0.1) is 0 Å². The summed E-state index contributed by atoms with van der Waals surface area (Å²) < 4.78 is 50.3. The van der Waals surface area contributed by atoms with Crippen molar-refractivity contribution in [2.24, 2.45) is 0 Å². The molecule has 0 spiro atoms. The summed E-state index contributed by atoms with van der Waals surface area (Å²) in [6, 6.07) is 0. The summed E-state index contributed by atoms with van der Waals surface area (Å²) in [5.41, 5.74) is 9.85. The second kappa shape index (κ2) is 11.5. The summed E-state index contributed by atoms with van der Waals surface area (Å²) in [5, 5.41) is 22.5. The topological polar surface area (TPSA) is 312 Å². The number of nitrogens with zero attached hydrogens (tertiary/aromatic N) is 6. The van der Waals surface area contributed by atoms with Gasteiger partial charge in [0.15, 0.2) is 0 Å². The first-order valence-electron chi connectivity index (χ1n) is 13.1. The van der Waals surface area contributed by atoms with Gasteiger partial charge in [-0.05, 0) is 0 Å². The molecule has 3 aliphatic rings. The van der Waals surface area contributed by atoms with Crippen molar-refractivity contribution in [1.82, 2.24) is 39.0 Å². The molecule has 3 fully saturated rings. The fourth-order valence-corrected chi connectivity index (χ4v) is 8.78. The van der Waals surface area contributed by atoms with Crippen LogP contribution in [0.1, 0.15) is 12.5 Å². The van der Waals surface area contributed by atoms with Gasteiger partial charge in [-0.1, -0.05) is 0 Å². The molecule has 0 saturated carbocycles. The number of nitrogens with one attached hydrogen (secondary N) is 2. The van der Waals surface area contributed by atoms with Crippen molar-refractivity contribution >= 4 is 74.6 Å². The summed E-state index contributed by atoms with van der Waals surface area (Å²) in [4.78, 5) is 56.3. The Balaban J connectivity index is 1.18. The van der Waals surface area contributed by atoms with Crippen LogP contribution in [-0.4, -0.2) is 120 Å². The van der Waals surface area contributed by atoms with Crippen molar-refractivity contribution in [2.75, 3.05) is 24.7 Å². The van der Waals surface area contributed by atoms with Gasteiger partial charge in [-0.3, -0.25) is 0 Å². The molecular weight excluding hydrogens is 745 g/mol. The zero-order valence-electron chi connectivity index (χ0n) is 22.8. The number of H-pyrrole nitrogens is 2. The van der Waals surface area contributed by atoms with Crippen molar-refractivity contribution < 1.29 is 47.2 Å². The van der Waals surface area contributed by atoms with Crippen LogP contribution in [0.25, 0.3) is 22.3 Å². The number of nitrogens with two attached hydrogens (primary N) is 2. The van der Waals surface area contributed by atoms with Crippen molar-refractivity contribution in [1.29, 1.82) is 0 Å². The number of imidazole rings is 2. The van der Waals surface area contributed by atoms with Gasteiger partial charge in [-0.25, -0.2) is 0 Å². The van der Waals surface area contributed by atoms with Gasteiger partial charge < -0.3 is 0 Å². The summed E-state index contributed by atoms with van der Waals surface area (Å²) in [6.07, 6.45) is -13.0. The first-order valence-corrected chi connectivity index (χ1v) is 19.5. The molecule has 247 valence electrons. The molecule has 2 unspecified atom stereocenters. The predicted molar refractivity (Wildman–Crippen MR) is 156 cm³/mol. The molecule has 3 saturated heterocycles. The maximum atomic E-state index is 13.5. The quantitative estimate of drug-likeness (QED) is 0.0803. The van der Waals surface area contributed by atoms with Crippen LogP contribution in [0.15, 0.2) is 22.2 Å². The molecule has 1 radical (unpaired) electrons. The Morgan fingerprint density at radius 2 is 1.33 bits per heavy atom. The molecule has 9 N–H and O–H groups in total. The number of aromatic amines is 2. The zero-order chi connectivity index (χ0) is 32.7. The van der Waals surface area contributed by atoms with E-state index in [4.69, 9.17) is 50.8 Å². The Hall–Kier alpha value is -2.66. The average molecular weight is 768 g/mol. The van der Waals surface area contributed by atoms with E-state index in [0.29, 0.717) is 0 Å². The zero-order valence-corrected chi connectivity index (χ0v) is 27.1. The Morgan fingerprint density at radius 3 is 1.83 bits per heavy atom. The Labute approximate surface area is 267 Å². The second-order valence-electron chi connectivity index (χ2n) is 10.3. The standard InChI is InChI=1S/C20H23N10O12P2SSe/c21-19-25-13-7(15(33)27-19)23-3-29(13)17-9(31)11-6(40-17)2-38-44(36,46)42-12-5(1-37-43(35,45)41-11)39-18(10(12)32)30-4-24-8-14(30)26-20(22)28-16(8)34/h3-6,9-12,17-18,31-32H,1-2H2,(H,35,45)(H3,21,25,27,33)(H3,22,26,28,34)/t5-,6-,9-,10-,11-,12-,17-,18-,43?,44?/m1/s1. The SMILES string of the molecule is Nc1nc2c(ncn2[C@@H]2O[C@@H]3COP(O)(=S)O[C@H]4[C@@H](O)[C@H](n5cnc6c(=O)[nH]c(N)nc65)O[C@@H]4COP(=O)([Se])O[C@H]3[C@H]2O)c(=O)[nH]1. The van der Waals surface area contributed by atoms with Crippen molar-refractivity contribution in [2.45, 2.75) is 49.1 Å². The van der Waals surface area contributed by atoms with Gasteiger partial charge in [0.25, 0.3) is 0 Å². The monoisotopic (exact) mass is 769 g/mol. The molecule has 4 aromatic rings. The normalized spacial score (nSPS) is 37.1. The number of fused-ring (bicyclic) bond motifs is 4. The third-order valence-electron chi connectivity index (χ3n) is 7.37. The third kappa shape index (κ3) is 5.63. The molecule has 22 nitrogen and oxygen atoms in total. The average Bonchev–Trinajstić information content (AvgIpc) is 3.72. The Bertz CT molecular complexity index is 1910. The summed E-state index contributed by atoms with van der Waals surface area (Å²) in [7, 11) is 0. The number of aliphatic hydroxyl groups excluding tert-OH is 2. The van der Waals surface area contributed by atoms with E-state index in [2.05, 4.69) is 45.5 Å². The van der Waals surface area contributed by atoms with Crippen LogP contribution in [-0.2, 0) is 43.9 Å². The van der Waals surface area contributed by atoms with E-state index in [1.54, 1.807) is 0 Å². The van der Waals surface area contributed by atoms with Crippen LogP contribution in [0.2, 0.25) is 0 Å². The van der Waals surface area contributed by atoms with Crippen molar-refractivity contribution in [3.05, 3.63) is 33.4 Å². The number of aromatic nitrogens is 8. The summed E-state index contributed by atoms with van der Waals surface area (Å²) in [5.74, 6) is -0.436. The molecular formula is C20H23N10O12P2SSe. The van der Waals surface area contributed by atoms with Gasteiger partial charge >= 0.3 is 268 Å². The molecule has 0 aliphatic carbocycles. The van der Waals surface area contributed by atoms with E-state index in [1.165, 1.54) is 21.8 Å². The van der Waals surface area contributed by atoms with Gasteiger partial charge in [0.2, 0.25) is 0 Å². The number of anilines is 2. The predicted octanol–water partition coefficient (Wildman–Crippen LogP) is -2.76. The van der Waals surface area contributed by atoms with Gasteiger partial charge in [0, 0.05) is 0 Å². The van der Waals surface area contributed by atoms with E-state index >= 15 is 0 Å². The first kappa shape index (κ1) is 31.9. The van der Waals surface area contributed by atoms with E-state index in [9.17, 15) is 29.3 Å². The minimum atomic E-state index is -4.21. The number of hydrogen-bond acceptors (Lipinski definition) is 18. The Kier molecular flexibility index (Phi) is 7.97. The molecule has 10 atom stereocenters. The maximum absolute atomic E-state index is 13.5. The molecule has 26 heteroatoms. The molecule has 3 aliphatic heterocycles. The molecule has 4 aromatic heterocycles. The van der Waals surface area contributed by atoms with E-state index in [0.717, 1.165) is 0 Å². The van der Waals surface area contributed by atoms with Crippen LogP contribution in [0.4, 0.5) is 11.9 Å². The Morgan fingerprint density at radius 1 is 0.870 bits per heavy atom. The molecule has 0 aromatic carbocycles. The van der Waals surface area contributed by atoms with Crippen LogP contribution >= 0.6 is 13.0 Å². The molecule has 7 rings (SSSR count). The number of ether oxygens (including phenoxy) is 2.